The molecular weight excluding hydrogens is 250 g/mol. The Balaban J connectivity index is 2.13. The topological polar surface area (TPSA) is 83.9 Å². The zero-order valence-electron chi connectivity index (χ0n) is 9.91. The van der Waals surface area contributed by atoms with E-state index >= 15 is 0 Å². The lowest BCUT2D eigenvalue weighted by molar-refractivity contribution is -0.119. The summed E-state index contributed by atoms with van der Waals surface area (Å²) >= 11 is 0. The van der Waals surface area contributed by atoms with Gasteiger partial charge in [-0.15, -0.1) is 0 Å². The number of imide groups is 1. The van der Waals surface area contributed by atoms with Gasteiger partial charge >= 0.3 is 5.97 Å². The molecule has 2 amide bonds. The van der Waals surface area contributed by atoms with Gasteiger partial charge in [0.1, 0.15) is 6.61 Å². The van der Waals surface area contributed by atoms with Crippen LogP contribution in [0.3, 0.4) is 0 Å². The van der Waals surface area contributed by atoms with Crippen LogP contribution < -0.4 is 4.90 Å². The van der Waals surface area contributed by atoms with Crippen molar-refractivity contribution in [2.45, 2.75) is 0 Å². The Labute approximate surface area is 108 Å². The molecule has 0 saturated carbocycles. The van der Waals surface area contributed by atoms with Crippen LogP contribution >= 0.6 is 0 Å². The number of carbonyl (C=O) groups excluding carboxylic acids is 3. The van der Waals surface area contributed by atoms with Crippen LogP contribution in [-0.2, 0) is 14.3 Å². The summed E-state index contributed by atoms with van der Waals surface area (Å²) in [6.07, 6.45) is 2.37. The molecule has 1 aliphatic heterocycles. The molecule has 0 fully saturated rings. The van der Waals surface area contributed by atoms with Crippen molar-refractivity contribution >= 4 is 23.5 Å². The Bertz CT molecular complexity index is 529. The van der Waals surface area contributed by atoms with Crippen LogP contribution in [0.25, 0.3) is 0 Å². The van der Waals surface area contributed by atoms with E-state index in [9.17, 15) is 14.4 Å². The molecule has 0 spiro atoms. The molecule has 6 heteroatoms. The predicted octanol–water partition coefficient (Wildman–Crippen LogP) is 0.265. The van der Waals surface area contributed by atoms with Crippen LogP contribution in [0.5, 0.6) is 0 Å². The van der Waals surface area contributed by atoms with Gasteiger partial charge in [-0.05, 0) is 24.3 Å². The maximum atomic E-state index is 11.5. The normalized spacial score (nSPS) is 14.1. The Morgan fingerprint density at radius 1 is 1.11 bits per heavy atom. The van der Waals surface area contributed by atoms with Crippen molar-refractivity contribution in [1.29, 1.82) is 0 Å². The average Bonchev–Trinajstić information content (AvgIpc) is 2.76. The summed E-state index contributed by atoms with van der Waals surface area (Å²) in [6.45, 7) is -0.320. The standard InChI is InChI=1S/C13H11NO5/c15-7-8-19-13(18)9-1-3-10(4-2-9)14-11(16)5-6-12(14)17/h1-6,15H,7-8H2. The minimum absolute atomic E-state index is 0.0758. The van der Waals surface area contributed by atoms with Crippen molar-refractivity contribution in [3.63, 3.8) is 0 Å². The van der Waals surface area contributed by atoms with Gasteiger partial charge in [-0.25, -0.2) is 9.69 Å². The van der Waals surface area contributed by atoms with Gasteiger partial charge in [-0.3, -0.25) is 9.59 Å². The van der Waals surface area contributed by atoms with Crippen LogP contribution in [0.2, 0.25) is 0 Å². The first-order chi connectivity index (χ1) is 9.13. The first kappa shape index (κ1) is 13.0. The molecule has 6 nitrogen and oxygen atoms in total. The lowest BCUT2D eigenvalue weighted by atomic mass is 10.2. The minimum Gasteiger partial charge on any atom is -0.460 e. The van der Waals surface area contributed by atoms with E-state index in [0.717, 1.165) is 4.90 Å². The molecule has 0 saturated heterocycles. The van der Waals surface area contributed by atoms with Crippen molar-refractivity contribution < 1.29 is 24.2 Å². The van der Waals surface area contributed by atoms with E-state index in [1.807, 2.05) is 0 Å². The molecule has 0 aliphatic carbocycles. The summed E-state index contributed by atoms with van der Waals surface area (Å²) in [4.78, 5) is 35.4. The Hall–Kier alpha value is -2.47. The molecule has 0 unspecified atom stereocenters. The highest BCUT2D eigenvalue weighted by Crippen LogP contribution is 2.19. The van der Waals surface area contributed by atoms with E-state index in [-0.39, 0.29) is 18.8 Å². The Morgan fingerprint density at radius 2 is 1.68 bits per heavy atom. The van der Waals surface area contributed by atoms with Crippen LogP contribution in [0, 0.1) is 0 Å². The van der Waals surface area contributed by atoms with E-state index in [2.05, 4.69) is 0 Å². The van der Waals surface area contributed by atoms with Crippen molar-refractivity contribution in [2.75, 3.05) is 18.1 Å². The summed E-state index contributed by atoms with van der Waals surface area (Å²) in [7, 11) is 0. The number of ether oxygens (including phenoxy) is 1. The summed E-state index contributed by atoms with van der Waals surface area (Å²) in [5.41, 5.74) is 0.669. The van der Waals surface area contributed by atoms with Gasteiger partial charge in [0.25, 0.3) is 11.8 Å². The van der Waals surface area contributed by atoms with Gasteiger partial charge in [0, 0.05) is 12.2 Å². The maximum absolute atomic E-state index is 11.5. The van der Waals surface area contributed by atoms with Crippen LogP contribution in [0.4, 0.5) is 5.69 Å². The number of benzene rings is 1. The third-order valence-electron chi connectivity index (χ3n) is 2.49. The number of amides is 2. The zero-order chi connectivity index (χ0) is 13.8. The summed E-state index contributed by atoms with van der Waals surface area (Å²) in [6, 6.07) is 5.87. The second-order valence-corrected chi connectivity index (χ2v) is 3.75. The Kier molecular flexibility index (Phi) is 3.72. The molecule has 2 rings (SSSR count). The predicted molar refractivity (Wildman–Crippen MR) is 65.4 cm³/mol. The first-order valence-electron chi connectivity index (χ1n) is 5.57. The highest BCUT2D eigenvalue weighted by molar-refractivity contribution is 6.28. The van der Waals surface area contributed by atoms with E-state index < -0.39 is 17.8 Å². The lowest BCUT2D eigenvalue weighted by Gasteiger charge is -2.13. The van der Waals surface area contributed by atoms with Gasteiger partial charge in [-0.2, -0.15) is 0 Å². The second-order valence-electron chi connectivity index (χ2n) is 3.75. The van der Waals surface area contributed by atoms with Crippen molar-refractivity contribution in [3.05, 3.63) is 42.0 Å². The first-order valence-corrected chi connectivity index (χ1v) is 5.57. The van der Waals surface area contributed by atoms with Gasteiger partial charge in [-0.1, -0.05) is 0 Å². The number of nitrogens with zero attached hydrogens (tertiary/aromatic N) is 1. The van der Waals surface area contributed by atoms with E-state index in [4.69, 9.17) is 9.84 Å². The van der Waals surface area contributed by atoms with E-state index in [1.54, 1.807) is 0 Å². The number of aliphatic hydroxyl groups is 1. The van der Waals surface area contributed by atoms with Crippen LogP contribution in [-0.4, -0.2) is 36.1 Å². The Morgan fingerprint density at radius 3 is 2.21 bits per heavy atom. The largest absolute Gasteiger partial charge is 0.460 e. The number of aliphatic hydroxyl groups excluding tert-OH is 1. The summed E-state index contributed by atoms with van der Waals surface area (Å²) in [5, 5.41) is 8.54. The molecule has 1 aliphatic rings. The van der Waals surface area contributed by atoms with Gasteiger partial charge in [0.05, 0.1) is 17.9 Å². The van der Waals surface area contributed by atoms with Crippen LogP contribution in [0.1, 0.15) is 10.4 Å². The maximum Gasteiger partial charge on any atom is 0.338 e. The molecule has 1 N–H and O–H groups in total. The third-order valence-corrected chi connectivity index (χ3v) is 2.49. The number of esters is 1. The monoisotopic (exact) mass is 261 g/mol. The average molecular weight is 261 g/mol. The highest BCUT2D eigenvalue weighted by Gasteiger charge is 2.25. The quantitative estimate of drug-likeness (QED) is 0.621. The SMILES string of the molecule is O=C(OCCO)c1ccc(N2C(=O)C=CC2=O)cc1. The molecule has 0 radical (unpaired) electrons. The van der Waals surface area contributed by atoms with Crippen LogP contribution in [0.15, 0.2) is 36.4 Å². The van der Waals surface area contributed by atoms with Gasteiger partial charge in [0.2, 0.25) is 0 Å². The molecule has 0 atom stereocenters. The van der Waals surface area contributed by atoms with Crippen molar-refractivity contribution in [3.8, 4) is 0 Å². The third kappa shape index (κ3) is 2.69. The number of hydrogen-bond donors (Lipinski definition) is 1. The minimum atomic E-state index is -0.571. The summed E-state index contributed by atoms with van der Waals surface area (Å²) in [5.74, 6) is -1.40. The smallest absolute Gasteiger partial charge is 0.338 e. The molecule has 0 aromatic heterocycles. The number of carbonyl (C=O) groups is 3. The highest BCUT2D eigenvalue weighted by atomic mass is 16.5. The summed E-state index contributed by atoms with van der Waals surface area (Å²) < 4.78 is 4.74. The number of rotatable bonds is 4. The van der Waals surface area contributed by atoms with Gasteiger partial charge < -0.3 is 9.84 Å². The fourth-order valence-corrected chi connectivity index (χ4v) is 1.62. The fraction of sp³-hybridized carbons (Fsp3) is 0.154. The van der Waals surface area contributed by atoms with Crippen molar-refractivity contribution in [1.82, 2.24) is 0 Å². The van der Waals surface area contributed by atoms with Crippen molar-refractivity contribution in [2.24, 2.45) is 0 Å². The molecule has 19 heavy (non-hydrogen) atoms. The molecule has 1 heterocycles. The van der Waals surface area contributed by atoms with E-state index in [1.165, 1.54) is 36.4 Å². The number of hydrogen-bond acceptors (Lipinski definition) is 5. The molecule has 1 aromatic carbocycles. The van der Waals surface area contributed by atoms with E-state index in [0.29, 0.717) is 5.69 Å². The number of anilines is 1. The van der Waals surface area contributed by atoms with Gasteiger partial charge in [0.15, 0.2) is 0 Å². The fourth-order valence-electron chi connectivity index (χ4n) is 1.62. The molecule has 98 valence electrons. The molecular formula is C13H11NO5. The molecule has 0 bridgehead atoms. The molecule has 1 aromatic rings. The zero-order valence-corrected chi connectivity index (χ0v) is 9.91. The second kappa shape index (κ2) is 5.45. The lowest BCUT2D eigenvalue weighted by Crippen LogP contribution is -2.29.